The molecule has 12 rings (SSSR count). The molecular weight excluding hydrogens is 719 g/mol. The Balaban J connectivity index is 1.20. The Morgan fingerprint density at radius 1 is 0.288 bits per heavy atom. The van der Waals surface area contributed by atoms with Crippen molar-refractivity contribution in [2.75, 3.05) is 0 Å². The van der Waals surface area contributed by atoms with E-state index in [0.717, 1.165) is 93.7 Å². The Hall–Kier alpha value is -8.02. The molecule has 5 nitrogen and oxygen atoms in total. The number of benzene rings is 9. The number of nitrogens with zero attached hydrogens (tertiary/aromatic N) is 5. The average Bonchev–Trinajstić information content (AvgIpc) is 3.65. The van der Waals surface area contributed by atoms with Crippen LogP contribution in [0.15, 0.2) is 200 Å². The number of fused-ring (bicyclic) bond motifs is 9. The molecule has 0 saturated heterocycles. The van der Waals surface area contributed by atoms with Crippen LogP contribution in [0.25, 0.3) is 116 Å². The molecule has 12 aromatic rings. The van der Waals surface area contributed by atoms with E-state index in [4.69, 9.17) is 19.9 Å². The molecule has 0 aliphatic rings. The van der Waals surface area contributed by atoms with E-state index in [1.54, 1.807) is 0 Å². The first kappa shape index (κ1) is 33.2. The van der Waals surface area contributed by atoms with E-state index in [2.05, 4.69) is 193 Å². The first-order chi connectivity index (χ1) is 29.2. The van der Waals surface area contributed by atoms with E-state index in [0.29, 0.717) is 11.6 Å². The Morgan fingerprint density at radius 2 is 0.695 bits per heavy atom. The van der Waals surface area contributed by atoms with Crippen LogP contribution in [0.2, 0.25) is 0 Å². The van der Waals surface area contributed by atoms with Gasteiger partial charge in [-0.2, -0.15) is 0 Å². The van der Waals surface area contributed by atoms with Crippen molar-refractivity contribution in [3.63, 3.8) is 0 Å². The summed E-state index contributed by atoms with van der Waals surface area (Å²) in [6.07, 6.45) is 0. The topological polar surface area (TPSA) is 56.5 Å². The van der Waals surface area contributed by atoms with E-state index in [9.17, 15) is 0 Å². The van der Waals surface area contributed by atoms with Gasteiger partial charge in [-0.1, -0.05) is 158 Å². The number of hydrogen-bond donors (Lipinski definition) is 0. The lowest BCUT2D eigenvalue weighted by Gasteiger charge is -2.16. The molecule has 0 fully saturated rings. The highest BCUT2D eigenvalue weighted by molar-refractivity contribution is 6.12. The Morgan fingerprint density at radius 3 is 1.17 bits per heavy atom. The minimum atomic E-state index is 0.631. The van der Waals surface area contributed by atoms with Gasteiger partial charge in [0.15, 0.2) is 11.6 Å². The van der Waals surface area contributed by atoms with Gasteiger partial charge < -0.3 is 4.57 Å². The minimum absolute atomic E-state index is 0.631. The zero-order valence-corrected chi connectivity index (χ0v) is 31.8. The lowest BCUT2D eigenvalue weighted by molar-refractivity contribution is 1.16. The number of para-hydroxylation sites is 2. The summed E-state index contributed by atoms with van der Waals surface area (Å²) in [5.41, 5.74) is 10.6. The van der Waals surface area contributed by atoms with Gasteiger partial charge in [-0.15, -0.1) is 0 Å². The van der Waals surface area contributed by atoms with Crippen LogP contribution in [0.1, 0.15) is 0 Å². The molecule has 0 N–H and O–H groups in total. The van der Waals surface area contributed by atoms with Crippen molar-refractivity contribution in [3.05, 3.63) is 200 Å². The Bertz CT molecular complexity index is 3380. The van der Waals surface area contributed by atoms with Gasteiger partial charge in [0.1, 0.15) is 0 Å². The van der Waals surface area contributed by atoms with Gasteiger partial charge in [-0.05, 0) is 53.2 Å². The highest BCUT2D eigenvalue weighted by Gasteiger charge is 2.20. The van der Waals surface area contributed by atoms with Crippen LogP contribution in [0, 0.1) is 0 Å². The fraction of sp³-hybridized carbons (Fsp3) is 0. The highest BCUT2D eigenvalue weighted by atomic mass is 15.0. The summed E-state index contributed by atoms with van der Waals surface area (Å²) >= 11 is 0. The third kappa shape index (κ3) is 5.40. The van der Waals surface area contributed by atoms with Crippen LogP contribution in [0.3, 0.4) is 0 Å². The van der Waals surface area contributed by atoms with Gasteiger partial charge in [0.05, 0.1) is 33.5 Å². The van der Waals surface area contributed by atoms with Crippen LogP contribution in [0.5, 0.6) is 0 Å². The average molecular weight is 752 g/mol. The lowest BCUT2D eigenvalue weighted by Crippen LogP contribution is -2.01. The van der Waals surface area contributed by atoms with E-state index in [1.807, 2.05) is 12.1 Å². The van der Waals surface area contributed by atoms with Crippen LogP contribution in [-0.2, 0) is 0 Å². The zero-order valence-electron chi connectivity index (χ0n) is 31.8. The van der Waals surface area contributed by atoms with Crippen LogP contribution < -0.4 is 0 Å². The maximum absolute atomic E-state index is 5.44. The first-order valence-electron chi connectivity index (χ1n) is 19.9. The van der Waals surface area contributed by atoms with Crippen molar-refractivity contribution >= 4 is 65.2 Å². The van der Waals surface area contributed by atoms with Gasteiger partial charge in [-0.3, -0.25) is 0 Å². The molecule has 0 bridgehead atoms. The second-order valence-electron chi connectivity index (χ2n) is 15.0. The molecule has 0 aliphatic carbocycles. The van der Waals surface area contributed by atoms with Gasteiger partial charge in [-0.25, -0.2) is 19.9 Å². The van der Waals surface area contributed by atoms with E-state index in [1.165, 1.54) is 10.8 Å². The summed E-state index contributed by atoms with van der Waals surface area (Å²) in [6.45, 7) is 0. The maximum Gasteiger partial charge on any atom is 0.160 e. The molecule has 0 unspecified atom stereocenters. The molecule has 59 heavy (non-hydrogen) atoms. The molecule has 0 spiro atoms. The molecule has 0 aliphatic heterocycles. The molecule has 3 aromatic heterocycles. The van der Waals surface area contributed by atoms with E-state index in [-0.39, 0.29) is 0 Å². The van der Waals surface area contributed by atoms with Gasteiger partial charge in [0.25, 0.3) is 0 Å². The molecule has 3 heterocycles. The minimum Gasteiger partial charge on any atom is -0.309 e. The van der Waals surface area contributed by atoms with Crippen molar-refractivity contribution in [1.29, 1.82) is 0 Å². The largest absolute Gasteiger partial charge is 0.309 e. The van der Waals surface area contributed by atoms with E-state index < -0.39 is 0 Å². The summed E-state index contributed by atoms with van der Waals surface area (Å²) in [5.74, 6) is 1.26. The van der Waals surface area contributed by atoms with Crippen molar-refractivity contribution in [2.24, 2.45) is 0 Å². The predicted octanol–water partition coefficient (Wildman–Crippen LogP) is 13.6. The second kappa shape index (κ2) is 13.3. The van der Waals surface area contributed by atoms with Gasteiger partial charge >= 0.3 is 0 Å². The molecule has 274 valence electrons. The monoisotopic (exact) mass is 751 g/mol. The summed E-state index contributed by atoms with van der Waals surface area (Å²) in [6, 6.07) is 70.2. The normalized spacial score (nSPS) is 11.7. The summed E-state index contributed by atoms with van der Waals surface area (Å²) in [5, 5.41) is 8.83. The molecule has 0 radical (unpaired) electrons. The third-order valence-corrected chi connectivity index (χ3v) is 11.5. The van der Waals surface area contributed by atoms with Crippen LogP contribution in [0.4, 0.5) is 0 Å². The quantitative estimate of drug-likeness (QED) is 0.164. The van der Waals surface area contributed by atoms with Gasteiger partial charge in [0, 0.05) is 60.3 Å². The SMILES string of the molecule is c1ccc(-c2nc(-c3cc(-c4nc(-c5ccccc5)c5ccc6ccccc6c5n4)cc(-n4c5ccccc5c5ccccc54)c3)nc3c2ccc2ccccc23)cc1. The zero-order chi connectivity index (χ0) is 38.9. The Labute approximate surface area is 339 Å². The van der Waals surface area contributed by atoms with Crippen LogP contribution in [-0.4, -0.2) is 24.5 Å². The number of aromatic nitrogens is 5. The van der Waals surface area contributed by atoms with Crippen molar-refractivity contribution in [2.45, 2.75) is 0 Å². The molecule has 0 saturated carbocycles. The molecular formula is C54H33N5. The van der Waals surface area contributed by atoms with Gasteiger partial charge in [0.2, 0.25) is 0 Å². The van der Waals surface area contributed by atoms with Crippen molar-refractivity contribution < 1.29 is 0 Å². The lowest BCUT2D eigenvalue weighted by atomic mass is 10.00. The molecule has 0 atom stereocenters. The standard InChI is InChI=1S/C54H33N5/c1-3-17-36(18-4-1)49-45-29-27-34-15-7-9-21-41(34)51(45)57-53(55-49)38-31-39(33-40(32-38)59-47-25-13-11-23-43(47)44-24-12-14-26-48(44)59)54-56-50(37-19-5-2-6-20-37)46-30-28-35-16-8-10-22-42(35)52(46)58-54/h1-33H. The van der Waals surface area contributed by atoms with Crippen LogP contribution >= 0.6 is 0 Å². The highest BCUT2D eigenvalue weighted by Crippen LogP contribution is 2.39. The predicted molar refractivity (Wildman–Crippen MR) is 244 cm³/mol. The summed E-state index contributed by atoms with van der Waals surface area (Å²) < 4.78 is 2.35. The first-order valence-corrected chi connectivity index (χ1v) is 19.9. The molecule has 5 heteroatoms. The summed E-state index contributed by atoms with van der Waals surface area (Å²) in [4.78, 5) is 21.7. The third-order valence-electron chi connectivity index (χ3n) is 11.5. The smallest absolute Gasteiger partial charge is 0.160 e. The summed E-state index contributed by atoms with van der Waals surface area (Å²) in [7, 11) is 0. The molecule has 9 aromatic carbocycles. The fourth-order valence-corrected chi connectivity index (χ4v) is 8.82. The number of rotatable bonds is 5. The van der Waals surface area contributed by atoms with Crippen molar-refractivity contribution in [3.8, 4) is 51.0 Å². The maximum atomic E-state index is 5.44. The Kier molecular flexibility index (Phi) is 7.47. The fourth-order valence-electron chi connectivity index (χ4n) is 8.82. The second-order valence-corrected chi connectivity index (χ2v) is 15.0. The van der Waals surface area contributed by atoms with Crippen molar-refractivity contribution in [1.82, 2.24) is 24.5 Å². The van der Waals surface area contributed by atoms with E-state index >= 15 is 0 Å². The molecule has 0 amide bonds. The number of hydrogen-bond acceptors (Lipinski definition) is 4.